The summed E-state index contributed by atoms with van der Waals surface area (Å²) in [5.74, 6) is 0.597. The molecule has 0 aliphatic heterocycles. The summed E-state index contributed by atoms with van der Waals surface area (Å²) in [7, 11) is 0. The van der Waals surface area contributed by atoms with Crippen molar-refractivity contribution in [3.63, 3.8) is 0 Å². The molecule has 28 heavy (non-hydrogen) atoms. The summed E-state index contributed by atoms with van der Waals surface area (Å²) >= 11 is 1.63. The number of nitrogens with one attached hydrogen (secondary N) is 1. The lowest BCUT2D eigenvalue weighted by molar-refractivity contribution is -0.127. The van der Waals surface area contributed by atoms with E-state index in [9.17, 15) is 4.79 Å². The van der Waals surface area contributed by atoms with E-state index in [0.717, 1.165) is 21.8 Å². The number of hydrogen-bond acceptors (Lipinski definition) is 4. The van der Waals surface area contributed by atoms with Crippen LogP contribution < -0.4 is 10.1 Å². The molecule has 0 saturated heterocycles. The summed E-state index contributed by atoms with van der Waals surface area (Å²) in [6.07, 6.45) is 0.158. The van der Waals surface area contributed by atoms with E-state index in [4.69, 9.17) is 4.74 Å². The third kappa shape index (κ3) is 5.20. The first-order valence-corrected chi connectivity index (χ1v) is 10.3. The first kappa shape index (κ1) is 20.1. The van der Waals surface area contributed by atoms with Gasteiger partial charge in [-0.15, -0.1) is 11.3 Å². The van der Waals surface area contributed by atoms with Gasteiger partial charge < -0.3 is 10.1 Å². The Morgan fingerprint density at radius 3 is 2.57 bits per heavy atom. The molecule has 1 amide bonds. The highest BCUT2D eigenvalue weighted by atomic mass is 32.1. The number of aryl methyl sites for hydroxylation is 3. The van der Waals surface area contributed by atoms with Gasteiger partial charge in [-0.25, -0.2) is 4.98 Å². The highest BCUT2D eigenvalue weighted by molar-refractivity contribution is 7.13. The van der Waals surface area contributed by atoms with Crippen molar-refractivity contribution in [1.82, 2.24) is 10.3 Å². The summed E-state index contributed by atoms with van der Waals surface area (Å²) < 4.78 is 5.76. The molecule has 3 rings (SSSR count). The Hall–Kier alpha value is -2.66. The van der Waals surface area contributed by atoms with Gasteiger partial charge in [0.15, 0.2) is 6.10 Å². The molecule has 3 aromatic rings. The van der Waals surface area contributed by atoms with Crippen molar-refractivity contribution in [2.75, 3.05) is 6.54 Å². The minimum Gasteiger partial charge on any atom is -0.481 e. The van der Waals surface area contributed by atoms with Crippen molar-refractivity contribution in [3.05, 3.63) is 70.2 Å². The van der Waals surface area contributed by atoms with Gasteiger partial charge >= 0.3 is 0 Å². The summed E-state index contributed by atoms with van der Waals surface area (Å²) in [6.45, 7) is 8.47. The van der Waals surface area contributed by atoms with Gasteiger partial charge in [-0.3, -0.25) is 4.79 Å². The Balaban J connectivity index is 1.48. The number of ether oxygens (including phenoxy) is 1. The molecule has 0 aliphatic carbocycles. The fraction of sp³-hybridized carbons (Fsp3) is 0.304. The maximum atomic E-state index is 12.3. The van der Waals surface area contributed by atoms with Gasteiger partial charge in [0, 0.05) is 23.9 Å². The number of aromatic nitrogens is 1. The SMILES string of the molecule is Cc1ccc(-c2nc(CCNC(=O)C(C)Oc3ccc(C)c(C)c3)cs2)cc1. The van der Waals surface area contributed by atoms with E-state index in [2.05, 4.69) is 53.8 Å². The molecule has 0 aliphatic rings. The molecular weight excluding hydrogens is 368 g/mol. The molecule has 1 heterocycles. The third-order valence-electron chi connectivity index (χ3n) is 4.69. The summed E-state index contributed by atoms with van der Waals surface area (Å²) in [5.41, 5.74) is 5.71. The third-order valence-corrected chi connectivity index (χ3v) is 5.63. The minimum absolute atomic E-state index is 0.118. The van der Waals surface area contributed by atoms with Gasteiger partial charge in [0.25, 0.3) is 5.91 Å². The van der Waals surface area contributed by atoms with Gasteiger partial charge in [-0.1, -0.05) is 35.9 Å². The van der Waals surface area contributed by atoms with Gasteiger partial charge in [0.2, 0.25) is 0 Å². The maximum Gasteiger partial charge on any atom is 0.260 e. The summed E-state index contributed by atoms with van der Waals surface area (Å²) in [5, 5.41) is 5.99. The zero-order valence-electron chi connectivity index (χ0n) is 16.8. The van der Waals surface area contributed by atoms with Crippen molar-refractivity contribution >= 4 is 17.2 Å². The van der Waals surface area contributed by atoms with Crippen LogP contribution in [0.15, 0.2) is 47.8 Å². The quantitative estimate of drug-likeness (QED) is 0.622. The second kappa shape index (κ2) is 9.02. The first-order valence-electron chi connectivity index (χ1n) is 9.45. The van der Waals surface area contributed by atoms with Crippen molar-refractivity contribution in [1.29, 1.82) is 0 Å². The number of carbonyl (C=O) groups is 1. The number of rotatable bonds is 7. The van der Waals surface area contributed by atoms with Crippen LogP contribution in [0.5, 0.6) is 5.75 Å². The summed E-state index contributed by atoms with van der Waals surface area (Å²) in [4.78, 5) is 17.0. The average Bonchev–Trinajstić information content (AvgIpc) is 3.14. The molecule has 2 aromatic carbocycles. The van der Waals surface area contributed by atoms with Crippen LogP contribution in [0.2, 0.25) is 0 Å². The van der Waals surface area contributed by atoms with Crippen molar-refractivity contribution in [2.45, 2.75) is 40.2 Å². The number of benzene rings is 2. The van der Waals surface area contributed by atoms with E-state index in [1.54, 1.807) is 18.3 Å². The predicted octanol–water partition coefficient (Wildman–Crippen LogP) is 4.86. The lowest BCUT2D eigenvalue weighted by Crippen LogP contribution is -2.37. The lowest BCUT2D eigenvalue weighted by Gasteiger charge is -2.15. The van der Waals surface area contributed by atoms with Crippen molar-refractivity contribution in [2.24, 2.45) is 0 Å². The monoisotopic (exact) mass is 394 g/mol. The molecule has 1 aromatic heterocycles. The molecule has 4 nitrogen and oxygen atoms in total. The molecule has 146 valence electrons. The van der Waals surface area contributed by atoms with E-state index >= 15 is 0 Å². The first-order chi connectivity index (χ1) is 13.4. The molecule has 0 spiro atoms. The van der Waals surface area contributed by atoms with Crippen LogP contribution in [0.1, 0.15) is 29.3 Å². The Morgan fingerprint density at radius 2 is 1.86 bits per heavy atom. The fourth-order valence-electron chi connectivity index (χ4n) is 2.75. The molecule has 0 radical (unpaired) electrons. The molecular formula is C23H26N2O2S. The molecule has 1 unspecified atom stereocenters. The van der Waals surface area contributed by atoms with E-state index in [0.29, 0.717) is 18.7 Å². The van der Waals surface area contributed by atoms with E-state index < -0.39 is 6.10 Å². The highest BCUT2D eigenvalue weighted by Gasteiger charge is 2.14. The largest absolute Gasteiger partial charge is 0.481 e. The molecule has 0 bridgehead atoms. The topological polar surface area (TPSA) is 51.2 Å². The Morgan fingerprint density at radius 1 is 1.11 bits per heavy atom. The zero-order chi connectivity index (χ0) is 20.1. The molecule has 5 heteroatoms. The number of nitrogens with zero attached hydrogens (tertiary/aromatic N) is 1. The number of hydrogen-bond donors (Lipinski definition) is 1. The molecule has 0 saturated carbocycles. The van der Waals surface area contributed by atoms with Crippen LogP contribution >= 0.6 is 11.3 Å². The Bertz CT molecular complexity index is 947. The van der Waals surface area contributed by atoms with Crippen LogP contribution in [-0.4, -0.2) is 23.5 Å². The van der Waals surface area contributed by atoms with Gasteiger partial charge in [-0.2, -0.15) is 0 Å². The molecule has 1 N–H and O–H groups in total. The zero-order valence-corrected chi connectivity index (χ0v) is 17.6. The van der Waals surface area contributed by atoms with Crippen LogP contribution in [0, 0.1) is 20.8 Å². The smallest absolute Gasteiger partial charge is 0.260 e. The Labute approximate surface area is 170 Å². The molecule has 0 fully saturated rings. The summed E-state index contributed by atoms with van der Waals surface area (Å²) in [6, 6.07) is 14.2. The lowest BCUT2D eigenvalue weighted by atomic mass is 10.1. The number of amides is 1. The van der Waals surface area contributed by atoms with Crippen molar-refractivity contribution in [3.8, 4) is 16.3 Å². The van der Waals surface area contributed by atoms with Gasteiger partial charge in [-0.05, 0) is 51.0 Å². The standard InChI is InChI=1S/C23H26N2O2S/c1-15-5-8-19(9-6-15)23-25-20(14-28-23)11-12-24-22(26)18(4)27-21-10-7-16(2)17(3)13-21/h5-10,13-14,18H,11-12H2,1-4H3,(H,24,26). The van der Waals surface area contributed by atoms with E-state index in [-0.39, 0.29) is 5.91 Å². The van der Waals surface area contributed by atoms with Crippen LogP contribution in [0.3, 0.4) is 0 Å². The van der Waals surface area contributed by atoms with E-state index in [1.807, 2.05) is 25.1 Å². The fourth-order valence-corrected chi connectivity index (χ4v) is 3.61. The normalized spacial score (nSPS) is 11.9. The van der Waals surface area contributed by atoms with Crippen LogP contribution in [-0.2, 0) is 11.2 Å². The van der Waals surface area contributed by atoms with Crippen molar-refractivity contribution < 1.29 is 9.53 Å². The van der Waals surface area contributed by atoms with Crippen LogP contribution in [0.25, 0.3) is 10.6 Å². The average molecular weight is 395 g/mol. The van der Waals surface area contributed by atoms with Gasteiger partial charge in [0.05, 0.1) is 5.69 Å². The highest BCUT2D eigenvalue weighted by Crippen LogP contribution is 2.24. The molecule has 1 atom stereocenters. The minimum atomic E-state index is -0.541. The number of thiazole rings is 1. The Kier molecular flexibility index (Phi) is 6.47. The van der Waals surface area contributed by atoms with Gasteiger partial charge in [0.1, 0.15) is 10.8 Å². The maximum absolute atomic E-state index is 12.3. The van der Waals surface area contributed by atoms with E-state index in [1.165, 1.54) is 11.1 Å². The predicted molar refractivity (Wildman–Crippen MR) is 115 cm³/mol. The van der Waals surface area contributed by atoms with Crippen LogP contribution in [0.4, 0.5) is 0 Å². The second-order valence-electron chi connectivity index (χ2n) is 7.06. The second-order valence-corrected chi connectivity index (χ2v) is 7.92. The number of carbonyl (C=O) groups excluding carboxylic acids is 1.